The summed E-state index contributed by atoms with van der Waals surface area (Å²) < 4.78 is 8.16. The second-order valence-electron chi connectivity index (χ2n) is 3.15. The molecule has 4 heteroatoms. The number of aromatic nitrogens is 2. The summed E-state index contributed by atoms with van der Waals surface area (Å²) in [6, 6.07) is 0. The number of ether oxygens (including phenoxy) is 1. The molecule has 1 aliphatic heterocycles. The molecule has 1 saturated heterocycles. The number of rotatable bonds is 2. The fraction of sp³-hybridized carbons (Fsp3) is 0.625. The molecule has 1 aliphatic rings. The number of aromatic amines is 1. The zero-order valence-electron chi connectivity index (χ0n) is 6.82. The maximum absolute atomic E-state index is 5.29. The monoisotopic (exact) mass is 184 g/mol. The van der Waals surface area contributed by atoms with Crippen LogP contribution in [0.2, 0.25) is 0 Å². The third-order valence-electron chi connectivity index (χ3n) is 2.20. The third-order valence-corrected chi connectivity index (χ3v) is 2.55. The van der Waals surface area contributed by atoms with Gasteiger partial charge in [0, 0.05) is 31.5 Å². The van der Waals surface area contributed by atoms with E-state index in [1.807, 2.05) is 12.4 Å². The molecule has 0 aliphatic carbocycles. The lowest BCUT2D eigenvalue weighted by Crippen LogP contribution is -2.09. The van der Waals surface area contributed by atoms with Crippen molar-refractivity contribution in [3.63, 3.8) is 0 Å². The molecule has 2 heterocycles. The Labute approximate surface area is 76.4 Å². The van der Waals surface area contributed by atoms with Gasteiger partial charge in [-0.3, -0.25) is 0 Å². The Hall–Kier alpha value is -0.610. The number of imidazole rings is 1. The maximum Gasteiger partial charge on any atom is 0.177 e. The molecule has 1 atom stereocenters. The fourth-order valence-electron chi connectivity index (χ4n) is 1.50. The molecule has 0 spiro atoms. The Bertz CT molecular complexity index is 298. The quantitative estimate of drug-likeness (QED) is 0.707. The summed E-state index contributed by atoms with van der Waals surface area (Å²) in [7, 11) is 0. The van der Waals surface area contributed by atoms with E-state index < -0.39 is 0 Å². The van der Waals surface area contributed by atoms with Crippen LogP contribution in [-0.4, -0.2) is 22.8 Å². The summed E-state index contributed by atoms with van der Waals surface area (Å²) in [6.45, 7) is 2.78. The fourth-order valence-corrected chi connectivity index (χ4v) is 1.70. The van der Waals surface area contributed by atoms with Gasteiger partial charge in [0.15, 0.2) is 4.77 Å². The minimum Gasteiger partial charge on any atom is -0.381 e. The van der Waals surface area contributed by atoms with Crippen LogP contribution in [0.4, 0.5) is 0 Å². The van der Waals surface area contributed by atoms with E-state index >= 15 is 0 Å². The predicted octanol–water partition coefficient (Wildman–Crippen LogP) is 1.58. The van der Waals surface area contributed by atoms with E-state index in [4.69, 9.17) is 17.0 Å². The number of nitrogens with zero attached hydrogens (tertiary/aromatic N) is 1. The molecule has 66 valence electrons. The molecule has 0 aromatic carbocycles. The van der Waals surface area contributed by atoms with Crippen molar-refractivity contribution in [1.82, 2.24) is 9.55 Å². The standard InChI is InChI=1S/C8H12N2OS/c12-8-9-2-3-10(8)5-7-1-4-11-6-7/h2-3,7H,1,4-6H2,(H,9,12). The van der Waals surface area contributed by atoms with Crippen LogP contribution in [0.1, 0.15) is 6.42 Å². The molecule has 1 aromatic heterocycles. The topological polar surface area (TPSA) is 29.9 Å². The number of nitrogens with one attached hydrogen (secondary N) is 1. The van der Waals surface area contributed by atoms with Gasteiger partial charge in [0.25, 0.3) is 0 Å². The summed E-state index contributed by atoms with van der Waals surface area (Å²) in [6.07, 6.45) is 5.02. The van der Waals surface area contributed by atoms with Crippen molar-refractivity contribution < 1.29 is 4.74 Å². The lowest BCUT2D eigenvalue weighted by atomic mass is 10.1. The first-order valence-electron chi connectivity index (χ1n) is 4.18. The van der Waals surface area contributed by atoms with E-state index in [1.165, 1.54) is 0 Å². The lowest BCUT2D eigenvalue weighted by Gasteiger charge is -2.07. The van der Waals surface area contributed by atoms with Gasteiger partial charge in [0.05, 0.1) is 6.61 Å². The van der Waals surface area contributed by atoms with E-state index in [9.17, 15) is 0 Å². The van der Waals surface area contributed by atoms with Crippen LogP contribution in [0.15, 0.2) is 12.4 Å². The highest BCUT2D eigenvalue weighted by atomic mass is 32.1. The Kier molecular flexibility index (Phi) is 2.28. The van der Waals surface area contributed by atoms with Crippen LogP contribution in [0, 0.1) is 10.7 Å². The molecule has 3 nitrogen and oxygen atoms in total. The summed E-state index contributed by atoms with van der Waals surface area (Å²) in [4.78, 5) is 2.98. The normalized spacial score (nSPS) is 23.2. The van der Waals surface area contributed by atoms with Crippen LogP contribution in [0.25, 0.3) is 0 Å². The van der Waals surface area contributed by atoms with Gasteiger partial charge >= 0.3 is 0 Å². The third kappa shape index (κ3) is 1.59. The Balaban J connectivity index is 2.03. The summed E-state index contributed by atoms with van der Waals surface area (Å²) in [5, 5.41) is 0. The Morgan fingerprint density at radius 1 is 1.75 bits per heavy atom. The first kappa shape index (κ1) is 8.01. The molecule has 0 amide bonds. The molecule has 1 unspecified atom stereocenters. The van der Waals surface area contributed by atoms with Crippen molar-refractivity contribution in [2.75, 3.05) is 13.2 Å². The Morgan fingerprint density at radius 2 is 2.67 bits per heavy atom. The number of hydrogen-bond donors (Lipinski definition) is 1. The zero-order valence-corrected chi connectivity index (χ0v) is 7.64. The molecule has 0 radical (unpaired) electrons. The molecule has 1 aromatic rings. The van der Waals surface area contributed by atoms with Gasteiger partial charge in [0.1, 0.15) is 0 Å². The molecular weight excluding hydrogens is 172 g/mol. The second kappa shape index (κ2) is 3.41. The van der Waals surface area contributed by atoms with E-state index in [0.29, 0.717) is 5.92 Å². The van der Waals surface area contributed by atoms with Gasteiger partial charge in [-0.15, -0.1) is 0 Å². The van der Waals surface area contributed by atoms with E-state index in [-0.39, 0.29) is 0 Å². The zero-order chi connectivity index (χ0) is 8.39. The molecule has 2 rings (SSSR count). The molecule has 0 saturated carbocycles. The molecular formula is C8H12N2OS. The average molecular weight is 184 g/mol. The Morgan fingerprint density at radius 3 is 3.25 bits per heavy atom. The van der Waals surface area contributed by atoms with E-state index in [2.05, 4.69) is 9.55 Å². The number of H-pyrrole nitrogens is 1. The summed E-state index contributed by atoms with van der Waals surface area (Å²) in [5.74, 6) is 0.646. The van der Waals surface area contributed by atoms with Crippen molar-refractivity contribution in [2.45, 2.75) is 13.0 Å². The molecule has 0 bridgehead atoms. The average Bonchev–Trinajstić information content (AvgIpc) is 2.65. The van der Waals surface area contributed by atoms with Gasteiger partial charge in [0.2, 0.25) is 0 Å². The lowest BCUT2D eigenvalue weighted by molar-refractivity contribution is 0.182. The van der Waals surface area contributed by atoms with Crippen LogP contribution >= 0.6 is 12.2 Å². The van der Waals surface area contributed by atoms with Gasteiger partial charge < -0.3 is 14.3 Å². The SMILES string of the molecule is S=c1[nH]ccn1CC1CCOC1. The minimum atomic E-state index is 0.646. The van der Waals surface area contributed by atoms with Crippen LogP contribution in [0.5, 0.6) is 0 Å². The second-order valence-corrected chi connectivity index (χ2v) is 3.53. The highest BCUT2D eigenvalue weighted by Gasteiger charge is 2.15. The van der Waals surface area contributed by atoms with Gasteiger partial charge in [-0.1, -0.05) is 0 Å². The molecule has 1 fully saturated rings. The highest BCUT2D eigenvalue weighted by Crippen LogP contribution is 2.14. The van der Waals surface area contributed by atoms with Crippen LogP contribution < -0.4 is 0 Å². The van der Waals surface area contributed by atoms with Crippen LogP contribution in [-0.2, 0) is 11.3 Å². The first-order chi connectivity index (χ1) is 5.86. The molecule has 12 heavy (non-hydrogen) atoms. The number of hydrogen-bond acceptors (Lipinski definition) is 2. The van der Waals surface area contributed by atoms with Gasteiger partial charge in [-0.2, -0.15) is 0 Å². The van der Waals surface area contributed by atoms with Crippen molar-refractivity contribution in [3.8, 4) is 0 Å². The van der Waals surface area contributed by atoms with Gasteiger partial charge in [-0.05, 0) is 18.6 Å². The van der Waals surface area contributed by atoms with E-state index in [1.54, 1.807) is 0 Å². The maximum atomic E-state index is 5.29. The van der Waals surface area contributed by atoms with Crippen molar-refractivity contribution in [3.05, 3.63) is 17.2 Å². The van der Waals surface area contributed by atoms with E-state index in [0.717, 1.165) is 31.0 Å². The van der Waals surface area contributed by atoms with Crippen molar-refractivity contribution in [1.29, 1.82) is 0 Å². The predicted molar refractivity (Wildman–Crippen MR) is 48.5 cm³/mol. The highest BCUT2D eigenvalue weighted by molar-refractivity contribution is 7.71. The van der Waals surface area contributed by atoms with Crippen LogP contribution in [0.3, 0.4) is 0 Å². The van der Waals surface area contributed by atoms with Crippen molar-refractivity contribution in [2.24, 2.45) is 5.92 Å². The smallest absolute Gasteiger partial charge is 0.177 e. The first-order valence-corrected chi connectivity index (χ1v) is 4.58. The van der Waals surface area contributed by atoms with Gasteiger partial charge in [-0.25, -0.2) is 0 Å². The summed E-state index contributed by atoms with van der Waals surface area (Å²) >= 11 is 5.09. The van der Waals surface area contributed by atoms with Crippen molar-refractivity contribution >= 4 is 12.2 Å². The minimum absolute atomic E-state index is 0.646. The summed E-state index contributed by atoms with van der Waals surface area (Å²) in [5.41, 5.74) is 0. The molecule has 1 N–H and O–H groups in total. The largest absolute Gasteiger partial charge is 0.381 e.